The average Bonchev–Trinajstić information content (AvgIpc) is 2.89. The maximum atomic E-state index is 6.55. The molecule has 0 radical (unpaired) electrons. The van der Waals surface area contributed by atoms with Gasteiger partial charge in [0.1, 0.15) is 23.0 Å². The Morgan fingerprint density at radius 3 is 1.79 bits per heavy atom. The first-order valence-electron chi connectivity index (χ1n) is 11.1. The van der Waals surface area contributed by atoms with Crippen LogP contribution >= 0.6 is 0 Å². The number of aromatic nitrogens is 1. The van der Waals surface area contributed by atoms with E-state index in [9.17, 15) is 0 Å². The lowest BCUT2D eigenvalue weighted by Crippen LogP contribution is -2.57. The minimum atomic E-state index is 0.0315. The van der Waals surface area contributed by atoms with Crippen molar-refractivity contribution in [3.05, 3.63) is 109 Å². The summed E-state index contributed by atoms with van der Waals surface area (Å²) in [6.45, 7) is 0.0315. The molecule has 2 aliphatic rings. The SMILES string of the molecule is c1ccc(-c2cccc3c2Oc2cccc4c2B3c2cccc(-c3cccnc3)c2O4)cc1. The van der Waals surface area contributed by atoms with E-state index >= 15 is 0 Å². The van der Waals surface area contributed by atoms with E-state index in [0.29, 0.717) is 0 Å². The molecule has 0 unspecified atom stereocenters. The molecule has 0 saturated heterocycles. The van der Waals surface area contributed by atoms with Crippen molar-refractivity contribution in [3.8, 4) is 45.3 Å². The fourth-order valence-electron chi connectivity index (χ4n) is 5.07. The highest BCUT2D eigenvalue weighted by atomic mass is 16.5. The minimum Gasteiger partial charge on any atom is -0.458 e. The van der Waals surface area contributed by atoms with E-state index in [0.717, 1.165) is 61.6 Å². The zero-order valence-corrected chi connectivity index (χ0v) is 17.7. The largest absolute Gasteiger partial charge is 0.458 e. The smallest absolute Gasteiger partial charge is 0.260 e. The van der Waals surface area contributed by atoms with Crippen molar-refractivity contribution in [1.82, 2.24) is 4.98 Å². The number of benzene rings is 4. The first-order valence-corrected chi connectivity index (χ1v) is 11.1. The van der Waals surface area contributed by atoms with E-state index in [4.69, 9.17) is 9.47 Å². The van der Waals surface area contributed by atoms with Crippen LogP contribution in [0.5, 0.6) is 23.0 Å². The summed E-state index contributed by atoms with van der Waals surface area (Å²) in [5, 5.41) is 0. The molecule has 0 spiro atoms. The number of pyridine rings is 1. The van der Waals surface area contributed by atoms with Gasteiger partial charge in [-0.25, -0.2) is 0 Å². The van der Waals surface area contributed by atoms with Gasteiger partial charge in [-0.05, 0) is 34.7 Å². The van der Waals surface area contributed by atoms with Gasteiger partial charge >= 0.3 is 0 Å². The van der Waals surface area contributed by atoms with Gasteiger partial charge in [-0.3, -0.25) is 4.98 Å². The Kier molecular flexibility index (Phi) is 3.94. The van der Waals surface area contributed by atoms with E-state index in [1.54, 1.807) is 6.20 Å². The van der Waals surface area contributed by atoms with Crippen LogP contribution in [0, 0.1) is 0 Å². The van der Waals surface area contributed by atoms with Crippen LogP contribution in [-0.2, 0) is 0 Å². The zero-order chi connectivity index (χ0) is 21.8. The Labute approximate surface area is 192 Å². The third kappa shape index (κ3) is 2.74. The summed E-state index contributed by atoms with van der Waals surface area (Å²) in [5.41, 5.74) is 7.72. The summed E-state index contributed by atoms with van der Waals surface area (Å²) in [7, 11) is 0. The molecule has 0 atom stereocenters. The molecule has 4 heteroatoms. The lowest BCUT2D eigenvalue weighted by Gasteiger charge is -2.34. The van der Waals surface area contributed by atoms with E-state index in [1.807, 2.05) is 36.5 Å². The Hall–Kier alpha value is -4.31. The van der Waals surface area contributed by atoms with Crippen LogP contribution in [0.15, 0.2) is 109 Å². The van der Waals surface area contributed by atoms with Gasteiger partial charge in [-0.1, -0.05) is 78.9 Å². The Balaban J connectivity index is 1.50. The molecule has 0 bridgehead atoms. The molecule has 0 aliphatic carbocycles. The second kappa shape index (κ2) is 7.11. The zero-order valence-electron chi connectivity index (χ0n) is 17.7. The van der Waals surface area contributed by atoms with Crippen LogP contribution in [0.2, 0.25) is 0 Å². The third-order valence-corrected chi connectivity index (χ3v) is 6.51. The van der Waals surface area contributed by atoms with Gasteiger partial charge in [0, 0.05) is 34.5 Å². The molecular weight excluding hydrogens is 405 g/mol. The number of nitrogens with zero attached hydrogens (tertiary/aromatic N) is 1. The quantitative estimate of drug-likeness (QED) is 0.361. The molecule has 3 nitrogen and oxygen atoms in total. The van der Waals surface area contributed by atoms with E-state index in [-0.39, 0.29) is 6.71 Å². The molecule has 7 rings (SSSR count). The lowest BCUT2D eigenvalue weighted by molar-refractivity contribution is 0.466. The summed E-state index contributed by atoms with van der Waals surface area (Å²) in [6.07, 6.45) is 3.68. The standard InChI is InChI=1S/C29H18BNO2/c1-2-8-19(9-3-1)21-11-4-13-23-28(21)32-25-15-6-16-26-27(25)30(23)24-14-5-12-22(29(24)33-26)20-10-7-17-31-18-20/h1-18H. The lowest BCUT2D eigenvalue weighted by atomic mass is 9.34. The van der Waals surface area contributed by atoms with Gasteiger partial charge in [0.05, 0.1) is 0 Å². The maximum absolute atomic E-state index is 6.55. The number of rotatable bonds is 2. The Bertz CT molecular complexity index is 1400. The number of hydrogen-bond acceptors (Lipinski definition) is 3. The molecule has 2 aliphatic heterocycles. The van der Waals surface area contributed by atoms with Crippen LogP contribution in [0.1, 0.15) is 0 Å². The van der Waals surface area contributed by atoms with Crippen LogP contribution in [-0.4, -0.2) is 11.7 Å². The second-order valence-corrected chi connectivity index (χ2v) is 8.36. The monoisotopic (exact) mass is 423 g/mol. The molecular formula is C29H18BNO2. The first kappa shape index (κ1) is 18.3. The third-order valence-electron chi connectivity index (χ3n) is 6.51. The summed E-state index contributed by atoms with van der Waals surface area (Å²) < 4.78 is 13.1. The maximum Gasteiger partial charge on any atom is 0.260 e. The van der Waals surface area contributed by atoms with Gasteiger partial charge in [-0.15, -0.1) is 0 Å². The summed E-state index contributed by atoms with van der Waals surface area (Å²) >= 11 is 0. The van der Waals surface area contributed by atoms with Crippen molar-refractivity contribution in [2.24, 2.45) is 0 Å². The topological polar surface area (TPSA) is 31.4 Å². The molecule has 154 valence electrons. The molecule has 0 saturated carbocycles. The van der Waals surface area contributed by atoms with Crippen LogP contribution in [0.4, 0.5) is 0 Å². The summed E-state index contributed by atoms with van der Waals surface area (Å²) in [5.74, 6) is 3.50. The van der Waals surface area contributed by atoms with Gasteiger partial charge in [0.25, 0.3) is 6.71 Å². The number of ether oxygens (including phenoxy) is 2. The van der Waals surface area contributed by atoms with Crippen molar-refractivity contribution in [1.29, 1.82) is 0 Å². The van der Waals surface area contributed by atoms with Crippen molar-refractivity contribution >= 4 is 23.1 Å². The van der Waals surface area contributed by atoms with Crippen molar-refractivity contribution < 1.29 is 9.47 Å². The molecule has 0 fully saturated rings. The fraction of sp³-hybridized carbons (Fsp3) is 0. The van der Waals surface area contributed by atoms with Crippen LogP contribution < -0.4 is 25.9 Å². The highest BCUT2D eigenvalue weighted by Crippen LogP contribution is 2.41. The minimum absolute atomic E-state index is 0.0315. The number of fused-ring (bicyclic) bond motifs is 4. The number of para-hydroxylation sites is 2. The van der Waals surface area contributed by atoms with Crippen LogP contribution in [0.25, 0.3) is 22.3 Å². The molecule has 0 amide bonds. The van der Waals surface area contributed by atoms with Gasteiger partial charge < -0.3 is 9.47 Å². The summed E-state index contributed by atoms with van der Waals surface area (Å²) in [4.78, 5) is 4.32. The molecule has 4 aromatic carbocycles. The predicted molar refractivity (Wildman–Crippen MR) is 133 cm³/mol. The van der Waals surface area contributed by atoms with Crippen molar-refractivity contribution in [3.63, 3.8) is 0 Å². The Morgan fingerprint density at radius 1 is 0.545 bits per heavy atom. The van der Waals surface area contributed by atoms with Gasteiger partial charge in [0.15, 0.2) is 0 Å². The van der Waals surface area contributed by atoms with Crippen LogP contribution in [0.3, 0.4) is 0 Å². The van der Waals surface area contributed by atoms with E-state index in [2.05, 4.69) is 71.7 Å². The normalized spacial score (nSPS) is 12.7. The second-order valence-electron chi connectivity index (χ2n) is 8.36. The van der Waals surface area contributed by atoms with E-state index < -0.39 is 0 Å². The van der Waals surface area contributed by atoms with E-state index in [1.165, 1.54) is 0 Å². The van der Waals surface area contributed by atoms with Crippen molar-refractivity contribution in [2.75, 3.05) is 0 Å². The highest BCUT2D eigenvalue weighted by Gasteiger charge is 2.41. The fourth-order valence-corrected chi connectivity index (χ4v) is 5.07. The molecule has 5 aromatic rings. The van der Waals surface area contributed by atoms with Crippen molar-refractivity contribution in [2.45, 2.75) is 0 Å². The highest BCUT2D eigenvalue weighted by molar-refractivity contribution is 6.98. The average molecular weight is 423 g/mol. The van der Waals surface area contributed by atoms with Gasteiger partial charge in [0.2, 0.25) is 0 Å². The molecule has 3 heterocycles. The molecule has 0 N–H and O–H groups in total. The molecule has 33 heavy (non-hydrogen) atoms. The Morgan fingerprint density at radius 2 is 1.15 bits per heavy atom. The molecule has 1 aromatic heterocycles. The van der Waals surface area contributed by atoms with Gasteiger partial charge in [-0.2, -0.15) is 0 Å². The predicted octanol–water partition coefficient (Wildman–Crippen LogP) is 5.14. The summed E-state index contributed by atoms with van der Waals surface area (Å²) in [6, 6.07) is 33.3. The number of hydrogen-bond donors (Lipinski definition) is 0. The first-order chi connectivity index (χ1) is 16.4.